The molecule has 2 heterocycles. The van der Waals surface area contributed by atoms with Crippen LogP contribution in [0.5, 0.6) is 5.75 Å². The van der Waals surface area contributed by atoms with Gasteiger partial charge in [0.05, 0.1) is 12.8 Å². The van der Waals surface area contributed by atoms with Crippen LogP contribution in [-0.4, -0.2) is 39.2 Å². The number of carbonyl (C=O) groups is 1. The van der Waals surface area contributed by atoms with Crippen molar-refractivity contribution < 1.29 is 22.5 Å². The zero-order chi connectivity index (χ0) is 23.0. The topological polar surface area (TPSA) is 93.0 Å². The molecule has 1 aromatic heterocycles. The Balaban J connectivity index is 1.75. The first-order chi connectivity index (χ1) is 15.2. The molecule has 1 aliphatic rings. The Morgan fingerprint density at radius 3 is 2.50 bits per heavy atom. The van der Waals surface area contributed by atoms with Gasteiger partial charge >= 0.3 is 0 Å². The lowest BCUT2D eigenvalue weighted by Crippen LogP contribution is -2.45. The zero-order valence-corrected chi connectivity index (χ0v) is 19.2. The summed E-state index contributed by atoms with van der Waals surface area (Å²) in [6, 6.07) is 14.2. The maximum Gasteiger partial charge on any atom is 0.270 e. The van der Waals surface area contributed by atoms with Crippen LogP contribution in [0.1, 0.15) is 23.9 Å². The van der Waals surface area contributed by atoms with Crippen molar-refractivity contribution in [3.63, 3.8) is 0 Å². The van der Waals surface area contributed by atoms with E-state index >= 15 is 0 Å². The van der Waals surface area contributed by atoms with Crippen LogP contribution in [0, 0.1) is 13.8 Å². The number of ether oxygens (including phenoxy) is 1. The summed E-state index contributed by atoms with van der Waals surface area (Å²) in [6.07, 6.45) is 0.723. The number of nitrogens with zero attached hydrogens (tertiary/aromatic N) is 3. The number of aromatic nitrogens is 1. The zero-order valence-electron chi connectivity index (χ0n) is 18.4. The molecular weight excluding hydrogens is 430 g/mol. The molecule has 8 nitrogen and oxygen atoms in total. The van der Waals surface area contributed by atoms with Gasteiger partial charge in [-0.3, -0.25) is 9.10 Å². The Labute approximate surface area is 187 Å². The predicted molar refractivity (Wildman–Crippen MR) is 121 cm³/mol. The summed E-state index contributed by atoms with van der Waals surface area (Å²) in [5, 5.41) is 3.79. The number of benzene rings is 2. The van der Waals surface area contributed by atoms with Crippen LogP contribution < -0.4 is 13.9 Å². The molecule has 0 spiro atoms. The maximum absolute atomic E-state index is 13.7. The maximum atomic E-state index is 13.7. The second kappa shape index (κ2) is 8.31. The molecule has 2 aromatic carbocycles. The molecule has 0 bridgehead atoms. The fourth-order valence-corrected chi connectivity index (χ4v) is 5.87. The van der Waals surface area contributed by atoms with Gasteiger partial charge in [0.15, 0.2) is 10.7 Å². The number of sulfonamides is 1. The molecule has 0 aliphatic carbocycles. The highest BCUT2D eigenvalue weighted by molar-refractivity contribution is 7.93. The van der Waals surface area contributed by atoms with Gasteiger partial charge in [0.25, 0.3) is 10.0 Å². The highest BCUT2D eigenvalue weighted by atomic mass is 32.2. The van der Waals surface area contributed by atoms with Crippen LogP contribution in [0.25, 0.3) is 0 Å². The fraction of sp³-hybridized carbons (Fsp3) is 0.304. The lowest BCUT2D eigenvalue weighted by atomic mass is 10.1. The Bertz CT molecular complexity index is 1230. The third-order valence-corrected chi connectivity index (χ3v) is 7.65. The van der Waals surface area contributed by atoms with E-state index in [1.54, 1.807) is 43.0 Å². The summed E-state index contributed by atoms with van der Waals surface area (Å²) in [5.41, 5.74) is 2.47. The largest absolute Gasteiger partial charge is 0.497 e. The number of para-hydroxylation sites is 1. The van der Waals surface area contributed by atoms with E-state index in [0.717, 1.165) is 22.0 Å². The average Bonchev–Trinajstić information content (AvgIpc) is 3.29. The first kappa shape index (κ1) is 21.9. The monoisotopic (exact) mass is 455 g/mol. The van der Waals surface area contributed by atoms with Gasteiger partial charge < -0.3 is 14.2 Å². The van der Waals surface area contributed by atoms with Crippen molar-refractivity contribution in [3.8, 4) is 5.75 Å². The minimum Gasteiger partial charge on any atom is -0.497 e. The molecule has 4 rings (SSSR count). The highest BCUT2D eigenvalue weighted by Gasteiger charge is 2.37. The summed E-state index contributed by atoms with van der Waals surface area (Å²) < 4.78 is 38.8. The minimum atomic E-state index is -4.12. The van der Waals surface area contributed by atoms with Crippen molar-refractivity contribution in [1.82, 2.24) is 5.16 Å². The lowest BCUT2D eigenvalue weighted by Gasteiger charge is -2.28. The third kappa shape index (κ3) is 3.73. The van der Waals surface area contributed by atoms with Crippen molar-refractivity contribution in [2.24, 2.45) is 0 Å². The van der Waals surface area contributed by atoms with Crippen LogP contribution in [0.15, 0.2) is 57.9 Å². The second-order valence-electron chi connectivity index (χ2n) is 7.81. The highest BCUT2D eigenvalue weighted by Crippen LogP contribution is 2.34. The van der Waals surface area contributed by atoms with Gasteiger partial charge in [-0.25, -0.2) is 8.42 Å². The Morgan fingerprint density at radius 2 is 1.88 bits per heavy atom. The van der Waals surface area contributed by atoms with E-state index in [2.05, 4.69) is 5.16 Å². The molecule has 32 heavy (non-hydrogen) atoms. The lowest BCUT2D eigenvalue weighted by molar-refractivity contribution is -0.117. The molecule has 1 atom stereocenters. The van der Waals surface area contributed by atoms with Gasteiger partial charge in [-0.15, -0.1) is 0 Å². The Kier molecular flexibility index (Phi) is 5.68. The normalized spacial score (nSPS) is 15.5. The van der Waals surface area contributed by atoms with Gasteiger partial charge in [0.2, 0.25) is 5.91 Å². The van der Waals surface area contributed by atoms with E-state index < -0.39 is 10.0 Å². The van der Waals surface area contributed by atoms with E-state index in [0.29, 0.717) is 11.4 Å². The molecule has 0 fully saturated rings. The third-order valence-electron chi connectivity index (χ3n) is 5.63. The number of fused-ring (bicyclic) bond motifs is 1. The fourth-order valence-electron chi connectivity index (χ4n) is 4.16. The molecule has 0 radical (unpaired) electrons. The minimum absolute atomic E-state index is 0.0315. The van der Waals surface area contributed by atoms with Crippen LogP contribution in [0.2, 0.25) is 0 Å². The molecule has 0 saturated carbocycles. The van der Waals surface area contributed by atoms with E-state index in [1.165, 1.54) is 7.11 Å². The number of carbonyl (C=O) groups excluding carboxylic acids is 1. The van der Waals surface area contributed by atoms with Crippen LogP contribution >= 0.6 is 0 Å². The van der Waals surface area contributed by atoms with E-state index in [-0.39, 0.29) is 34.8 Å². The summed E-state index contributed by atoms with van der Waals surface area (Å²) >= 11 is 0. The first-order valence-corrected chi connectivity index (χ1v) is 11.7. The molecule has 0 N–H and O–H groups in total. The molecule has 168 valence electrons. The van der Waals surface area contributed by atoms with Gasteiger partial charge in [0.1, 0.15) is 18.0 Å². The summed E-state index contributed by atoms with van der Waals surface area (Å²) in [4.78, 5) is 15.1. The van der Waals surface area contributed by atoms with Gasteiger partial charge in [-0.2, -0.15) is 0 Å². The van der Waals surface area contributed by atoms with Gasteiger partial charge in [0, 0.05) is 11.7 Å². The van der Waals surface area contributed by atoms with Gasteiger partial charge in [-0.1, -0.05) is 23.4 Å². The van der Waals surface area contributed by atoms with E-state index in [4.69, 9.17) is 9.26 Å². The molecule has 3 aromatic rings. The molecule has 0 unspecified atom stereocenters. The Hall–Kier alpha value is -3.33. The Morgan fingerprint density at radius 1 is 1.19 bits per heavy atom. The van der Waals surface area contributed by atoms with Crippen molar-refractivity contribution >= 4 is 27.3 Å². The van der Waals surface area contributed by atoms with Crippen LogP contribution in [0.3, 0.4) is 0 Å². The number of anilines is 2. The number of rotatable bonds is 6. The number of methoxy groups -OCH3 is 1. The first-order valence-electron chi connectivity index (χ1n) is 10.2. The molecule has 1 amide bonds. The standard InChI is InChI=1S/C23H25N3O5S/c1-15-13-18-7-5-6-8-21(18)26(15)22(27)14-25(19-9-11-20(30-4)12-10-19)32(28,29)23-16(2)24-31-17(23)3/h5-12,15H,13-14H2,1-4H3/t15-/m1/s1. The second-order valence-corrected chi connectivity index (χ2v) is 9.61. The summed E-state index contributed by atoms with van der Waals surface area (Å²) in [7, 11) is -2.59. The van der Waals surface area contributed by atoms with Crippen molar-refractivity contribution in [3.05, 3.63) is 65.5 Å². The summed E-state index contributed by atoms with van der Waals surface area (Å²) in [6.45, 7) is 4.70. The van der Waals surface area contributed by atoms with Gasteiger partial charge in [-0.05, 0) is 63.1 Å². The SMILES string of the molecule is COc1ccc(N(CC(=O)N2c3ccccc3C[C@H]2C)S(=O)(=O)c2c(C)noc2C)cc1. The molecule has 0 saturated heterocycles. The predicted octanol–water partition coefficient (Wildman–Crippen LogP) is 3.47. The average molecular weight is 456 g/mol. The molecule has 9 heteroatoms. The number of hydrogen-bond donors (Lipinski definition) is 0. The summed E-state index contributed by atoms with van der Waals surface area (Å²) in [5.74, 6) is 0.443. The van der Waals surface area contributed by atoms with E-state index in [1.807, 2.05) is 31.2 Å². The quantitative estimate of drug-likeness (QED) is 0.565. The van der Waals surface area contributed by atoms with E-state index in [9.17, 15) is 13.2 Å². The van der Waals surface area contributed by atoms with Crippen LogP contribution in [-0.2, 0) is 21.2 Å². The number of amides is 1. The van der Waals surface area contributed by atoms with Crippen LogP contribution in [0.4, 0.5) is 11.4 Å². The molecular formula is C23H25N3O5S. The number of hydrogen-bond acceptors (Lipinski definition) is 6. The number of aryl methyl sites for hydroxylation is 2. The smallest absolute Gasteiger partial charge is 0.270 e. The molecule has 1 aliphatic heterocycles. The van der Waals surface area contributed by atoms with Crippen molar-refractivity contribution in [1.29, 1.82) is 0 Å². The van der Waals surface area contributed by atoms with Crippen molar-refractivity contribution in [2.75, 3.05) is 22.9 Å². The van der Waals surface area contributed by atoms with Crippen molar-refractivity contribution in [2.45, 2.75) is 38.1 Å².